The lowest BCUT2D eigenvalue weighted by molar-refractivity contribution is 0.102. The molecule has 162 valence electrons. The van der Waals surface area contributed by atoms with Crippen LogP contribution < -0.4 is 10.2 Å². The van der Waals surface area contributed by atoms with Crippen LogP contribution in [0.5, 0.6) is 0 Å². The highest BCUT2D eigenvalue weighted by Gasteiger charge is 2.10. The first-order chi connectivity index (χ1) is 14.9. The molecule has 0 bridgehead atoms. The number of amides is 1. The van der Waals surface area contributed by atoms with Crippen molar-refractivity contribution in [3.8, 4) is 11.1 Å². The Morgan fingerprint density at radius 2 is 1.58 bits per heavy atom. The Morgan fingerprint density at radius 3 is 2.16 bits per heavy atom. The first-order valence-corrected chi connectivity index (χ1v) is 10.2. The second-order valence-electron chi connectivity index (χ2n) is 7.59. The maximum atomic E-state index is 14.0. The number of carbonyl (C=O) groups is 1. The van der Waals surface area contributed by atoms with E-state index < -0.39 is 11.6 Å². The van der Waals surface area contributed by atoms with Crippen molar-refractivity contribution in [2.75, 3.05) is 43.9 Å². The van der Waals surface area contributed by atoms with Crippen molar-refractivity contribution in [3.63, 3.8) is 0 Å². The molecule has 0 saturated heterocycles. The van der Waals surface area contributed by atoms with Gasteiger partial charge in [-0.25, -0.2) is 8.78 Å². The molecule has 0 aliphatic heterocycles. The lowest BCUT2D eigenvalue weighted by atomic mass is 10.0. The van der Waals surface area contributed by atoms with Gasteiger partial charge < -0.3 is 15.1 Å². The molecule has 31 heavy (non-hydrogen) atoms. The number of likely N-dealkylation sites (N-methyl/N-ethyl adjacent to an activating group) is 2. The van der Waals surface area contributed by atoms with Crippen LogP contribution in [0.25, 0.3) is 11.1 Å². The van der Waals surface area contributed by atoms with Gasteiger partial charge in [-0.1, -0.05) is 12.1 Å². The summed E-state index contributed by atoms with van der Waals surface area (Å²) in [6.45, 7) is 4.91. The second-order valence-corrected chi connectivity index (χ2v) is 7.59. The highest BCUT2D eigenvalue weighted by atomic mass is 19.1. The lowest BCUT2D eigenvalue weighted by Crippen LogP contribution is -2.31. The molecule has 1 N–H and O–H groups in total. The molecule has 0 saturated carbocycles. The van der Waals surface area contributed by atoms with Crippen molar-refractivity contribution < 1.29 is 13.6 Å². The topological polar surface area (TPSA) is 35.6 Å². The van der Waals surface area contributed by atoms with E-state index in [9.17, 15) is 13.6 Å². The van der Waals surface area contributed by atoms with Gasteiger partial charge in [0.2, 0.25) is 0 Å². The SMILES string of the molecule is CCN(CCN(C)C)c1ccc(NC(=O)c2ccc(-c3ccc(F)cc3F)cc2)cc1. The van der Waals surface area contributed by atoms with Crippen molar-refractivity contribution in [1.82, 2.24) is 4.90 Å². The van der Waals surface area contributed by atoms with E-state index in [2.05, 4.69) is 36.1 Å². The van der Waals surface area contributed by atoms with Crippen LogP contribution in [-0.4, -0.2) is 44.5 Å². The number of nitrogens with one attached hydrogen (secondary N) is 1. The minimum absolute atomic E-state index is 0.251. The predicted octanol–water partition coefficient (Wildman–Crippen LogP) is 5.27. The molecule has 6 heteroatoms. The summed E-state index contributed by atoms with van der Waals surface area (Å²) in [5.74, 6) is -1.51. The average molecular weight is 424 g/mol. The van der Waals surface area contributed by atoms with E-state index in [1.165, 1.54) is 12.1 Å². The van der Waals surface area contributed by atoms with Gasteiger partial charge in [-0.3, -0.25) is 4.79 Å². The van der Waals surface area contributed by atoms with Crippen LogP contribution in [0.4, 0.5) is 20.2 Å². The minimum atomic E-state index is -0.635. The standard InChI is InChI=1S/C25H27F2N3O/c1-4-30(16-15-29(2)3)22-12-10-21(11-13-22)28-25(31)19-7-5-18(6-8-19)23-14-9-20(26)17-24(23)27/h5-14,17H,4,15-16H2,1-3H3,(H,28,31). The molecule has 4 nitrogen and oxygen atoms in total. The molecule has 0 heterocycles. The van der Waals surface area contributed by atoms with E-state index in [0.29, 0.717) is 22.4 Å². The first-order valence-electron chi connectivity index (χ1n) is 10.2. The van der Waals surface area contributed by atoms with E-state index in [4.69, 9.17) is 0 Å². The van der Waals surface area contributed by atoms with Crippen LogP contribution in [0.2, 0.25) is 0 Å². The third-order valence-corrected chi connectivity index (χ3v) is 5.08. The number of anilines is 2. The molecule has 0 aliphatic rings. The Bertz CT molecular complexity index is 1020. The van der Waals surface area contributed by atoms with Crippen molar-refractivity contribution in [1.29, 1.82) is 0 Å². The van der Waals surface area contributed by atoms with Gasteiger partial charge in [0.25, 0.3) is 5.91 Å². The van der Waals surface area contributed by atoms with Gasteiger partial charge in [-0.2, -0.15) is 0 Å². The molecular weight excluding hydrogens is 396 g/mol. The molecule has 3 aromatic rings. The van der Waals surface area contributed by atoms with Crippen LogP contribution in [-0.2, 0) is 0 Å². The number of nitrogens with zero attached hydrogens (tertiary/aromatic N) is 2. The summed E-state index contributed by atoms with van der Waals surface area (Å²) in [7, 11) is 4.10. The summed E-state index contributed by atoms with van der Waals surface area (Å²) < 4.78 is 27.1. The van der Waals surface area contributed by atoms with Crippen molar-refractivity contribution in [3.05, 3.63) is 83.9 Å². The summed E-state index contributed by atoms with van der Waals surface area (Å²) in [6.07, 6.45) is 0. The van der Waals surface area contributed by atoms with Gasteiger partial charge in [0.1, 0.15) is 11.6 Å². The molecule has 0 atom stereocenters. The van der Waals surface area contributed by atoms with Crippen molar-refractivity contribution in [2.24, 2.45) is 0 Å². The van der Waals surface area contributed by atoms with Gasteiger partial charge in [-0.05, 0) is 75.1 Å². The van der Waals surface area contributed by atoms with Gasteiger partial charge in [0, 0.05) is 48.2 Å². The van der Waals surface area contributed by atoms with Crippen molar-refractivity contribution >= 4 is 17.3 Å². The zero-order chi connectivity index (χ0) is 22.4. The van der Waals surface area contributed by atoms with Gasteiger partial charge in [0.15, 0.2) is 0 Å². The van der Waals surface area contributed by atoms with Crippen LogP contribution >= 0.6 is 0 Å². The van der Waals surface area contributed by atoms with Crippen molar-refractivity contribution in [2.45, 2.75) is 6.92 Å². The number of hydrogen-bond donors (Lipinski definition) is 1. The summed E-state index contributed by atoms with van der Waals surface area (Å²) in [5.41, 5.74) is 3.13. The normalized spacial score (nSPS) is 10.9. The fraction of sp³-hybridized carbons (Fsp3) is 0.240. The number of hydrogen-bond acceptors (Lipinski definition) is 3. The molecule has 0 spiro atoms. The van der Waals surface area contributed by atoms with E-state index in [0.717, 1.165) is 31.4 Å². The summed E-state index contributed by atoms with van der Waals surface area (Å²) in [6, 6.07) is 17.8. The third kappa shape index (κ3) is 5.89. The molecule has 3 aromatic carbocycles. The summed E-state index contributed by atoms with van der Waals surface area (Å²) >= 11 is 0. The second kappa shape index (κ2) is 10.2. The highest BCUT2D eigenvalue weighted by molar-refractivity contribution is 6.04. The molecule has 0 unspecified atom stereocenters. The van der Waals surface area contributed by atoms with E-state index in [1.54, 1.807) is 24.3 Å². The lowest BCUT2D eigenvalue weighted by Gasteiger charge is -2.25. The van der Waals surface area contributed by atoms with Crippen LogP contribution in [0.1, 0.15) is 17.3 Å². The molecule has 0 fully saturated rings. The van der Waals surface area contributed by atoms with E-state index >= 15 is 0 Å². The van der Waals surface area contributed by atoms with Crippen LogP contribution in [0.15, 0.2) is 66.7 Å². The smallest absolute Gasteiger partial charge is 0.255 e. The largest absolute Gasteiger partial charge is 0.371 e. The Balaban J connectivity index is 1.66. The average Bonchev–Trinajstić information content (AvgIpc) is 2.75. The quantitative estimate of drug-likeness (QED) is 0.536. The zero-order valence-electron chi connectivity index (χ0n) is 18.0. The molecule has 1 amide bonds. The number of carbonyl (C=O) groups excluding carboxylic acids is 1. The minimum Gasteiger partial charge on any atom is -0.371 e. The molecule has 3 rings (SSSR count). The molecule has 0 aromatic heterocycles. The summed E-state index contributed by atoms with van der Waals surface area (Å²) in [4.78, 5) is 17.0. The Labute approximate surface area is 182 Å². The Hall–Kier alpha value is -3.25. The Morgan fingerprint density at radius 1 is 0.903 bits per heavy atom. The number of halogens is 2. The zero-order valence-corrected chi connectivity index (χ0v) is 18.0. The first kappa shape index (κ1) is 22.4. The Kier molecular flexibility index (Phi) is 7.36. The highest BCUT2D eigenvalue weighted by Crippen LogP contribution is 2.24. The fourth-order valence-corrected chi connectivity index (χ4v) is 3.27. The van der Waals surface area contributed by atoms with E-state index in [1.807, 2.05) is 24.3 Å². The number of rotatable bonds is 8. The van der Waals surface area contributed by atoms with Crippen LogP contribution in [0.3, 0.4) is 0 Å². The van der Waals surface area contributed by atoms with Gasteiger partial charge in [0.05, 0.1) is 0 Å². The molecule has 0 radical (unpaired) electrons. The monoisotopic (exact) mass is 423 g/mol. The predicted molar refractivity (Wildman–Crippen MR) is 123 cm³/mol. The number of benzene rings is 3. The van der Waals surface area contributed by atoms with E-state index in [-0.39, 0.29) is 5.91 Å². The van der Waals surface area contributed by atoms with Crippen LogP contribution in [0, 0.1) is 11.6 Å². The maximum Gasteiger partial charge on any atom is 0.255 e. The maximum absolute atomic E-state index is 14.0. The fourth-order valence-electron chi connectivity index (χ4n) is 3.27. The summed E-state index contributed by atoms with van der Waals surface area (Å²) in [5, 5.41) is 2.88. The van der Waals surface area contributed by atoms with Gasteiger partial charge in [-0.15, -0.1) is 0 Å². The molecular formula is C25H27F2N3O. The molecule has 0 aliphatic carbocycles. The van der Waals surface area contributed by atoms with Gasteiger partial charge >= 0.3 is 0 Å². The third-order valence-electron chi connectivity index (χ3n) is 5.08.